The van der Waals surface area contributed by atoms with Gasteiger partial charge in [0.05, 0.1) is 0 Å². The second-order valence-electron chi connectivity index (χ2n) is 5.31. The molecular weight excluding hydrogens is 276 g/mol. The maximum absolute atomic E-state index is 11.5. The Balaban J connectivity index is 1.73. The average molecular weight is 292 g/mol. The molecule has 3 heteroatoms. The van der Waals surface area contributed by atoms with Crippen molar-refractivity contribution in [3.63, 3.8) is 0 Å². The van der Waals surface area contributed by atoms with Gasteiger partial charge in [-0.15, -0.1) is 0 Å². The van der Waals surface area contributed by atoms with Crippen LogP contribution in [0.5, 0.6) is 0 Å². The van der Waals surface area contributed by atoms with Crippen molar-refractivity contribution in [3.05, 3.63) is 82.9 Å². The second kappa shape index (κ2) is 6.39. The summed E-state index contributed by atoms with van der Waals surface area (Å²) in [6, 6.07) is 18.5. The van der Waals surface area contributed by atoms with Crippen LogP contribution in [0.2, 0.25) is 0 Å². The third kappa shape index (κ3) is 3.31. The minimum Gasteiger partial charge on any atom is -0.386 e. The van der Waals surface area contributed by atoms with Crippen LogP contribution in [0, 0.1) is 0 Å². The van der Waals surface area contributed by atoms with Crippen LogP contribution in [0.25, 0.3) is 0 Å². The van der Waals surface area contributed by atoms with Crippen molar-refractivity contribution < 1.29 is 14.3 Å². The zero-order chi connectivity index (χ0) is 15.4. The Morgan fingerprint density at radius 3 is 2.14 bits per heavy atom. The van der Waals surface area contributed by atoms with Crippen molar-refractivity contribution >= 4 is 11.9 Å². The highest BCUT2D eigenvalue weighted by molar-refractivity contribution is 6.08. The van der Waals surface area contributed by atoms with Gasteiger partial charge < -0.3 is 4.74 Å². The summed E-state index contributed by atoms with van der Waals surface area (Å²) in [4.78, 5) is 22.5. The number of cyclic esters (lactones) is 2. The van der Waals surface area contributed by atoms with Crippen molar-refractivity contribution in [3.8, 4) is 0 Å². The predicted octanol–water partition coefficient (Wildman–Crippen LogP) is 3.22. The van der Waals surface area contributed by atoms with Gasteiger partial charge in [0.2, 0.25) is 0 Å². The van der Waals surface area contributed by atoms with E-state index in [1.807, 2.05) is 30.3 Å². The highest BCUT2D eigenvalue weighted by Crippen LogP contribution is 2.20. The molecule has 22 heavy (non-hydrogen) atoms. The van der Waals surface area contributed by atoms with Crippen molar-refractivity contribution in [1.82, 2.24) is 0 Å². The molecule has 1 aliphatic heterocycles. The molecule has 0 spiro atoms. The molecule has 2 aromatic carbocycles. The van der Waals surface area contributed by atoms with E-state index >= 15 is 0 Å². The fourth-order valence-electron chi connectivity index (χ4n) is 2.62. The SMILES string of the molecule is O=C1C=C(CCc2ccccc2Cc2ccccc2)C(=O)O1. The van der Waals surface area contributed by atoms with E-state index in [1.165, 1.54) is 22.8 Å². The Kier molecular flexibility index (Phi) is 4.15. The Morgan fingerprint density at radius 1 is 0.773 bits per heavy atom. The number of esters is 2. The van der Waals surface area contributed by atoms with Crippen LogP contribution in [0.3, 0.4) is 0 Å². The fourth-order valence-corrected chi connectivity index (χ4v) is 2.62. The van der Waals surface area contributed by atoms with E-state index in [0.717, 1.165) is 12.8 Å². The van der Waals surface area contributed by atoms with E-state index < -0.39 is 11.9 Å². The Hall–Kier alpha value is -2.68. The first-order chi connectivity index (χ1) is 10.7. The quantitative estimate of drug-likeness (QED) is 0.628. The molecule has 0 unspecified atom stereocenters. The summed E-state index contributed by atoms with van der Waals surface area (Å²) in [5.41, 5.74) is 4.15. The van der Waals surface area contributed by atoms with Crippen LogP contribution in [0.4, 0.5) is 0 Å². The molecular formula is C19H16O3. The average Bonchev–Trinajstić information content (AvgIpc) is 2.85. The van der Waals surface area contributed by atoms with Crippen LogP contribution in [0.1, 0.15) is 23.1 Å². The molecule has 1 aliphatic rings. The highest BCUT2D eigenvalue weighted by Gasteiger charge is 2.23. The Bertz CT molecular complexity index is 729. The van der Waals surface area contributed by atoms with E-state index in [0.29, 0.717) is 12.0 Å². The molecule has 0 fully saturated rings. The van der Waals surface area contributed by atoms with Gasteiger partial charge in [-0.1, -0.05) is 54.6 Å². The van der Waals surface area contributed by atoms with Gasteiger partial charge in [0, 0.05) is 11.6 Å². The molecule has 0 N–H and O–H groups in total. The standard InChI is InChI=1S/C19H16O3/c20-18-13-17(19(21)22-18)11-10-15-8-4-5-9-16(15)12-14-6-2-1-3-7-14/h1-9,13H,10-12H2. The van der Waals surface area contributed by atoms with E-state index in [9.17, 15) is 9.59 Å². The monoisotopic (exact) mass is 292 g/mol. The van der Waals surface area contributed by atoms with Gasteiger partial charge in [-0.25, -0.2) is 9.59 Å². The lowest BCUT2D eigenvalue weighted by Crippen LogP contribution is -2.03. The minimum atomic E-state index is -0.558. The van der Waals surface area contributed by atoms with Crippen molar-refractivity contribution in [2.75, 3.05) is 0 Å². The maximum Gasteiger partial charge on any atom is 0.342 e. The molecule has 0 amide bonds. The first kappa shape index (κ1) is 14.3. The van der Waals surface area contributed by atoms with E-state index in [1.54, 1.807) is 0 Å². The topological polar surface area (TPSA) is 43.4 Å². The number of hydrogen-bond donors (Lipinski definition) is 0. The molecule has 0 bridgehead atoms. The number of hydrogen-bond acceptors (Lipinski definition) is 3. The molecule has 0 atom stereocenters. The summed E-state index contributed by atoms with van der Waals surface area (Å²) >= 11 is 0. The summed E-state index contributed by atoms with van der Waals surface area (Å²) in [5, 5.41) is 0. The largest absolute Gasteiger partial charge is 0.386 e. The lowest BCUT2D eigenvalue weighted by molar-refractivity contribution is -0.150. The van der Waals surface area contributed by atoms with E-state index in [4.69, 9.17) is 0 Å². The smallest absolute Gasteiger partial charge is 0.342 e. The Labute approximate surface area is 129 Å². The summed E-state index contributed by atoms with van der Waals surface area (Å²) in [7, 11) is 0. The van der Waals surface area contributed by atoms with Gasteiger partial charge in [-0.2, -0.15) is 0 Å². The summed E-state index contributed by atoms with van der Waals surface area (Å²) in [6.07, 6.45) is 3.40. The molecule has 0 radical (unpaired) electrons. The summed E-state index contributed by atoms with van der Waals surface area (Å²) < 4.78 is 4.52. The molecule has 3 rings (SSSR count). The van der Waals surface area contributed by atoms with Gasteiger partial charge in [0.1, 0.15) is 0 Å². The van der Waals surface area contributed by atoms with Gasteiger partial charge in [-0.3, -0.25) is 0 Å². The van der Waals surface area contributed by atoms with Crippen LogP contribution >= 0.6 is 0 Å². The molecule has 2 aromatic rings. The van der Waals surface area contributed by atoms with Crippen LogP contribution in [-0.2, 0) is 27.2 Å². The van der Waals surface area contributed by atoms with Crippen LogP contribution < -0.4 is 0 Å². The van der Waals surface area contributed by atoms with Crippen LogP contribution in [-0.4, -0.2) is 11.9 Å². The molecule has 0 aliphatic carbocycles. The fraction of sp³-hybridized carbons (Fsp3) is 0.158. The Morgan fingerprint density at radius 2 is 1.45 bits per heavy atom. The first-order valence-corrected chi connectivity index (χ1v) is 7.30. The third-order valence-electron chi connectivity index (χ3n) is 3.77. The number of aryl methyl sites for hydroxylation is 1. The molecule has 0 saturated heterocycles. The van der Waals surface area contributed by atoms with Gasteiger partial charge >= 0.3 is 11.9 Å². The van der Waals surface area contributed by atoms with Crippen molar-refractivity contribution in [1.29, 1.82) is 0 Å². The molecule has 0 aromatic heterocycles. The number of carbonyl (C=O) groups is 2. The van der Waals surface area contributed by atoms with E-state index in [2.05, 4.69) is 29.0 Å². The molecule has 1 heterocycles. The number of benzene rings is 2. The number of ether oxygens (including phenoxy) is 1. The predicted molar refractivity (Wildman–Crippen MR) is 83.2 cm³/mol. The van der Waals surface area contributed by atoms with E-state index in [-0.39, 0.29) is 0 Å². The van der Waals surface area contributed by atoms with Gasteiger partial charge in [-0.05, 0) is 36.0 Å². The summed E-state index contributed by atoms with van der Waals surface area (Å²) in [5.74, 6) is -1.07. The number of carbonyl (C=O) groups excluding carboxylic acids is 2. The second-order valence-corrected chi connectivity index (χ2v) is 5.31. The third-order valence-corrected chi connectivity index (χ3v) is 3.77. The lowest BCUT2D eigenvalue weighted by Gasteiger charge is -2.09. The van der Waals surface area contributed by atoms with Crippen LogP contribution in [0.15, 0.2) is 66.2 Å². The highest BCUT2D eigenvalue weighted by atomic mass is 16.6. The lowest BCUT2D eigenvalue weighted by atomic mass is 9.95. The first-order valence-electron chi connectivity index (χ1n) is 7.30. The molecule has 3 nitrogen and oxygen atoms in total. The molecule has 0 saturated carbocycles. The normalized spacial score (nSPS) is 13.9. The van der Waals surface area contributed by atoms with Gasteiger partial charge in [0.25, 0.3) is 0 Å². The summed E-state index contributed by atoms with van der Waals surface area (Å²) in [6.45, 7) is 0. The number of rotatable bonds is 5. The van der Waals surface area contributed by atoms with Gasteiger partial charge in [0.15, 0.2) is 0 Å². The maximum atomic E-state index is 11.5. The van der Waals surface area contributed by atoms with Crippen molar-refractivity contribution in [2.45, 2.75) is 19.3 Å². The zero-order valence-electron chi connectivity index (χ0n) is 12.1. The minimum absolute atomic E-state index is 0.458. The molecule has 110 valence electrons. The van der Waals surface area contributed by atoms with Crippen molar-refractivity contribution in [2.24, 2.45) is 0 Å². The zero-order valence-corrected chi connectivity index (χ0v) is 12.1.